The van der Waals surface area contributed by atoms with E-state index in [2.05, 4.69) is 25.2 Å². The smallest absolute Gasteiger partial charge is 0.302 e. The Morgan fingerprint density at radius 1 is 1.20 bits per heavy atom. The summed E-state index contributed by atoms with van der Waals surface area (Å²) in [5.74, 6) is 2.06. The van der Waals surface area contributed by atoms with E-state index in [9.17, 15) is 9.59 Å². The van der Waals surface area contributed by atoms with Crippen LogP contribution < -0.4 is 5.32 Å². The van der Waals surface area contributed by atoms with Gasteiger partial charge in [-0.3, -0.25) is 9.59 Å². The highest BCUT2D eigenvalue weighted by Gasteiger charge is 2.56. The molecule has 0 aromatic rings. The second kappa shape index (κ2) is 5.85. The molecule has 0 unspecified atom stereocenters. The monoisotopic (exact) mass is 345 g/mol. The number of rotatable bonds is 1. The number of fused-ring (bicyclic) bond motifs is 5. The summed E-state index contributed by atoms with van der Waals surface area (Å²) in [6.45, 7) is 6.23. The normalized spacial score (nSPS) is 46.0. The molecule has 1 N–H and O–H groups in total. The average Bonchev–Trinajstić information content (AvgIpc) is 2.53. The maximum atomic E-state index is 11.9. The first kappa shape index (κ1) is 17.1. The molecule has 0 aromatic carbocycles. The van der Waals surface area contributed by atoms with Gasteiger partial charge < -0.3 is 10.1 Å². The number of carbonyl (C=O) groups excluding carboxylic acids is 2. The first-order valence-corrected chi connectivity index (χ1v) is 9.99. The number of hydrogen-bond acceptors (Lipinski definition) is 3. The molecule has 0 spiro atoms. The lowest BCUT2D eigenvalue weighted by Crippen LogP contribution is -2.62. The van der Waals surface area contributed by atoms with Gasteiger partial charge in [-0.05, 0) is 68.6 Å². The molecule has 138 valence electrons. The second-order valence-electron chi connectivity index (χ2n) is 9.28. The van der Waals surface area contributed by atoms with E-state index in [1.807, 2.05) is 0 Å². The zero-order valence-corrected chi connectivity index (χ0v) is 15.8. The Bertz CT molecular complexity index is 627. The highest BCUT2D eigenvalue weighted by molar-refractivity contribution is 5.77. The largest absolute Gasteiger partial charge is 0.462 e. The third kappa shape index (κ3) is 2.72. The van der Waals surface area contributed by atoms with Gasteiger partial charge in [-0.15, -0.1) is 0 Å². The Labute approximate surface area is 150 Å². The quantitative estimate of drug-likeness (QED) is 0.582. The molecule has 0 aromatic heterocycles. The minimum absolute atomic E-state index is 0.00680. The minimum Gasteiger partial charge on any atom is -0.462 e. The molecule has 4 heteroatoms. The van der Waals surface area contributed by atoms with Crippen LogP contribution in [0.3, 0.4) is 0 Å². The van der Waals surface area contributed by atoms with Gasteiger partial charge in [0.05, 0.1) is 0 Å². The molecule has 2 saturated carbocycles. The predicted octanol–water partition coefficient (Wildman–Crippen LogP) is 3.75. The molecular formula is C21H31NO3. The number of allylic oxidation sites excluding steroid dienone is 1. The van der Waals surface area contributed by atoms with Gasteiger partial charge in [0.25, 0.3) is 0 Å². The fraction of sp³-hybridized carbons (Fsp3) is 0.810. The fourth-order valence-corrected chi connectivity index (χ4v) is 6.64. The Hall–Kier alpha value is -1.32. The van der Waals surface area contributed by atoms with Gasteiger partial charge in [0.1, 0.15) is 6.10 Å². The van der Waals surface area contributed by atoms with Crippen molar-refractivity contribution in [2.75, 3.05) is 0 Å². The molecule has 4 nitrogen and oxygen atoms in total. The lowest BCUT2D eigenvalue weighted by molar-refractivity contribution is -0.149. The van der Waals surface area contributed by atoms with Crippen LogP contribution >= 0.6 is 0 Å². The van der Waals surface area contributed by atoms with Crippen LogP contribution in [0, 0.1) is 23.2 Å². The van der Waals surface area contributed by atoms with Crippen LogP contribution in [0.15, 0.2) is 11.6 Å². The average molecular weight is 345 g/mol. The van der Waals surface area contributed by atoms with Crippen LogP contribution in [-0.4, -0.2) is 23.5 Å². The van der Waals surface area contributed by atoms with E-state index in [1.54, 1.807) is 0 Å². The molecule has 3 aliphatic carbocycles. The summed E-state index contributed by atoms with van der Waals surface area (Å²) in [7, 11) is 0. The zero-order chi connectivity index (χ0) is 17.8. The highest BCUT2D eigenvalue weighted by Crippen LogP contribution is 2.60. The number of amides is 1. The van der Waals surface area contributed by atoms with Crippen molar-refractivity contribution in [1.82, 2.24) is 5.32 Å². The standard InChI is InChI=1S/C21H31NO3/c1-13(23)25-15-8-10-20(2)14(12-15)4-5-16-17(20)9-11-21(3)18(16)6-7-19(24)22-21/h4,15-18H,5-12H2,1-3H3,(H,22,24)/t15-,16-,17-,18-,20+,21-/m1/s1. The van der Waals surface area contributed by atoms with E-state index in [0.717, 1.165) is 38.5 Å². The van der Waals surface area contributed by atoms with Gasteiger partial charge in [-0.25, -0.2) is 0 Å². The molecule has 0 bridgehead atoms. The van der Waals surface area contributed by atoms with Crippen molar-refractivity contribution in [1.29, 1.82) is 0 Å². The molecule has 3 fully saturated rings. The van der Waals surface area contributed by atoms with Gasteiger partial charge in [0, 0.05) is 25.3 Å². The number of piperidine rings is 1. The van der Waals surface area contributed by atoms with Crippen molar-refractivity contribution in [2.24, 2.45) is 23.2 Å². The van der Waals surface area contributed by atoms with Crippen LogP contribution in [0.2, 0.25) is 0 Å². The molecule has 1 aliphatic heterocycles. The summed E-state index contributed by atoms with van der Waals surface area (Å²) >= 11 is 0. The third-order valence-corrected chi connectivity index (χ3v) is 7.89. The Morgan fingerprint density at radius 3 is 2.76 bits per heavy atom. The topological polar surface area (TPSA) is 55.4 Å². The second-order valence-corrected chi connectivity index (χ2v) is 9.28. The van der Waals surface area contributed by atoms with E-state index < -0.39 is 0 Å². The Morgan fingerprint density at radius 2 is 2.00 bits per heavy atom. The van der Waals surface area contributed by atoms with E-state index in [-0.39, 0.29) is 28.9 Å². The summed E-state index contributed by atoms with van der Waals surface area (Å²) in [5.41, 5.74) is 1.77. The maximum absolute atomic E-state index is 11.9. The lowest BCUT2D eigenvalue weighted by atomic mass is 9.48. The van der Waals surface area contributed by atoms with Crippen LogP contribution in [-0.2, 0) is 14.3 Å². The Kier molecular flexibility index (Phi) is 4.01. The van der Waals surface area contributed by atoms with Crippen LogP contribution in [0.4, 0.5) is 0 Å². The Balaban J connectivity index is 1.58. The van der Waals surface area contributed by atoms with Crippen molar-refractivity contribution in [3.63, 3.8) is 0 Å². The van der Waals surface area contributed by atoms with Crippen molar-refractivity contribution >= 4 is 11.9 Å². The molecule has 0 radical (unpaired) electrons. The molecular weight excluding hydrogens is 314 g/mol. The number of carbonyl (C=O) groups is 2. The first-order valence-electron chi connectivity index (χ1n) is 9.99. The highest BCUT2D eigenvalue weighted by atomic mass is 16.5. The molecule has 6 atom stereocenters. The minimum atomic E-state index is -0.158. The van der Waals surface area contributed by atoms with Gasteiger partial charge >= 0.3 is 5.97 Å². The fourth-order valence-electron chi connectivity index (χ4n) is 6.64. The SMILES string of the molecule is CC(=O)O[C@@H]1CC[C@@]2(C)C(=CC[C@H]3[C@H]4CCC(=O)N[C@]4(C)CC[C@H]32)C1. The number of esters is 1. The van der Waals surface area contributed by atoms with Crippen molar-refractivity contribution in [2.45, 2.75) is 83.8 Å². The molecule has 1 saturated heterocycles. The molecule has 4 rings (SSSR count). The first-order chi connectivity index (χ1) is 11.8. The van der Waals surface area contributed by atoms with Gasteiger partial charge in [-0.1, -0.05) is 18.6 Å². The van der Waals surface area contributed by atoms with Gasteiger partial charge in [-0.2, -0.15) is 0 Å². The number of hydrogen-bond donors (Lipinski definition) is 1. The summed E-state index contributed by atoms with van der Waals surface area (Å²) in [6.07, 6.45) is 10.7. The maximum Gasteiger partial charge on any atom is 0.302 e. The predicted molar refractivity (Wildman–Crippen MR) is 95.7 cm³/mol. The number of ether oxygens (including phenoxy) is 1. The van der Waals surface area contributed by atoms with Crippen LogP contribution in [0.1, 0.15) is 72.1 Å². The molecule has 1 amide bonds. The summed E-state index contributed by atoms with van der Waals surface area (Å²) < 4.78 is 5.51. The van der Waals surface area contributed by atoms with E-state index in [4.69, 9.17) is 4.74 Å². The van der Waals surface area contributed by atoms with E-state index in [1.165, 1.54) is 18.9 Å². The third-order valence-electron chi connectivity index (χ3n) is 7.89. The zero-order valence-electron chi connectivity index (χ0n) is 15.8. The van der Waals surface area contributed by atoms with Gasteiger partial charge in [0.2, 0.25) is 5.91 Å². The number of nitrogens with one attached hydrogen (secondary N) is 1. The molecule has 4 aliphatic rings. The van der Waals surface area contributed by atoms with Crippen LogP contribution in [0.25, 0.3) is 0 Å². The lowest BCUT2D eigenvalue weighted by Gasteiger charge is -2.59. The van der Waals surface area contributed by atoms with Crippen molar-refractivity contribution in [3.05, 3.63) is 11.6 Å². The van der Waals surface area contributed by atoms with E-state index >= 15 is 0 Å². The molecule has 25 heavy (non-hydrogen) atoms. The summed E-state index contributed by atoms with van der Waals surface area (Å²) in [6, 6.07) is 0. The molecule has 1 heterocycles. The summed E-state index contributed by atoms with van der Waals surface area (Å²) in [5, 5.41) is 3.32. The van der Waals surface area contributed by atoms with Crippen LogP contribution in [0.5, 0.6) is 0 Å². The van der Waals surface area contributed by atoms with Gasteiger partial charge in [0.15, 0.2) is 0 Å². The summed E-state index contributed by atoms with van der Waals surface area (Å²) in [4.78, 5) is 23.3. The van der Waals surface area contributed by atoms with Crippen molar-refractivity contribution in [3.8, 4) is 0 Å². The van der Waals surface area contributed by atoms with Crippen molar-refractivity contribution < 1.29 is 14.3 Å². The van der Waals surface area contributed by atoms with E-state index in [0.29, 0.717) is 24.2 Å².